The number of hydrogen-bond acceptors (Lipinski definition) is 2. The minimum atomic E-state index is -0.604. The van der Waals surface area contributed by atoms with Crippen molar-refractivity contribution < 1.29 is 4.74 Å². The van der Waals surface area contributed by atoms with Crippen LogP contribution >= 0.6 is 0 Å². The molecule has 12 rings (SSSR count). The molecule has 1 heterocycles. The van der Waals surface area contributed by atoms with Gasteiger partial charge in [0, 0.05) is 28.2 Å². The first-order valence-electron chi connectivity index (χ1n) is 22.0. The summed E-state index contributed by atoms with van der Waals surface area (Å²) in [5, 5.41) is 0. The molecule has 3 aliphatic rings. The van der Waals surface area contributed by atoms with Crippen LogP contribution in [0, 0.1) is 0 Å². The number of rotatable bonds is 6. The lowest BCUT2D eigenvalue weighted by molar-refractivity contribution is 0.481. The predicted octanol–water partition coefficient (Wildman–Crippen LogP) is 16.6. The molecule has 0 saturated heterocycles. The van der Waals surface area contributed by atoms with Crippen molar-refractivity contribution in [1.29, 1.82) is 0 Å². The van der Waals surface area contributed by atoms with Crippen LogP contribution in [0.25, 0.3) is 55.7 Å². The fourth-order valence-electron chi connectivity index (χ4n) is 10.7. The molecular weight excluding hydrogens is 775 g/mol. The van der Waals surface area contributed by atoms with Crippen molar-refractivity contribution in [1.82, 2.24) is 0 Å². The van der Waals surface area contributed by atoms with E-state index in [1.807, 2.05) is 18.2 Å². The molecular formula is C62H43NO. The number of nitrogens with zero attached hydrogens (tertiary/aromatic N) is 1. The average molecular weight is 818 g/mol. The Morgan fingerprint density at radius 2 is 0.875 bits per heavy atom. The first kappa shape index (κ1) is 37.6. The van der Waals surface area contributed by atoms with Crippen LogP contribution in [0.4, 0.5) is 17.1 Å². The summed E-state index contributed by atoms with van der Waals surface area (Å²) in [6.07, 6.45) is 6.01. The Bertz CT molecular complexity index is 3340. The maximum Gasteiger partial charge on any atom is 0.135 e. The minimum absolute atomic E-state index is 0.604. The van der Waals surface area contributed by atoms with Crippen LogP contribution < -0.4 is 9.64 Å². The number of hydrogen-bond donors (Lipinski definition) is 0. The summed E-state index contributed by atoms with van der Waals surface area (Å²) in [6.45, 7) is 6.21. The van der Waals surface area contributed by atoms with Gasteiger partial charge >= 0.3 is 0 Å². The third-order valence-corrected chi connectivity index (χ3v) is 13.5. The Labute approximate surface area is 375 Å². The Morgan fingerprint density at radius 1 is 0.406 bits per heavy atom. The van der Waals surface area contributed by atoms with Gasteiger partial charge in [-0.1, -0.05) is 189 Å². The standard InChI is InChI=1S/C62H43NO/c1-3-4-20-47-41(2)48-21-13-17-30-60(48)64-61-38-36-45(39-55(47)61)63(44-33-31-43(32-34-44)42-18-6-5-7-19-42)46-35-37-54-50-23-9-8-22-49(50)51-24-10-14-27-56(51)62(59(54)40-46)57-28-15-11-25-52(57)53-26-12-16-29-58(53)62/h3-40H,1H2,2H3/b20-4-. The second kappa shape index (κ2) is 15.0. The molecule has 9 aromatic carbocycles. The van der Waals surface area contributed by atoms with Gasteiger partial charge in [-0.2, -0.15) is 0 Å². The van der Waals surface area contributed by atoms with Crippen molar-refractivity contribution in [3.63, 3.8) is 0 Å². The minimum Gasteiger partial charge on any atom is -0.456 e. The van der Waals surface area contributed by atoms with Crippen molar-refractivity contribution in [3.8, 4) is 56.0 Å². The summed E-state index contributed by atoms with van der Waals surface area (Å²) in [5.74, 6) is 1.66. The van der Waals surface area contributed by atoms with Gasteiger partial charge in [0.25, 0.3) is 0 Å². The Hall–Kier alpha value is -8.20. The van der Waals surface area contributed by atoms with Crippen LogP contribution in [0.3, 0.4) is 0 Å². The summed E-state index contributed by atoms with van der Waals surface area (Å²) < 4.78 is 6.76. The highest BCUT2D eigenvalue weighted by atomic mass is 16.5. The maximum absolute atomic E-state index is 6.76. The second-order valence-corrected chi connectivity index (χ2v) is 16.8. The summed E-state index contributed by atoms with van der Waals surface area (Å²) >= 11 is 0. The lowest BCUT2D eigenvalue weighted by Gasteiger charge is -2.36. The zero-order valence-corrected chi connectivity index (χ0v) is 35.5. The molecule has 0 fully saturated rings. The van der Waals surface area contributed by atoms with Crippen molar-refractivity contribution in [2.24, 2.45) is 0 Å². The van der Waals surface area contributed by atoms with Crippen LogP contribution in [-0.2, 0) is 5.41 Å². The van der Waals surface area contributed by atoms with Crippen LogP contribution in [0.15, 0.2) is 237 Å². The van der Waals surface area contributed by atoms with Gasteiger partial charge in [0.05, 0.1) is 5.41 Å². The molecule has 2 nitrogen and oxygen atoms in total. The number of allylic oxidation sites excluding steroid dienone is 5. The van der Waals surface area contributed by atoms with Crippen molar-refractivity contribution in [2.45, 2.75) is 12.3 Å². The number of para-hydroxylation sites is 1. The van der Waals surface area contributed by atoms with Crippen LogP contribution in [0.2, 0.25) is 0 Å². The molecule has 0 radical (unpaired) electrons. The van der Waals surface area contributed by atoms with Gasteiger partial charge in [-0.25, -0.2) is 0 Å². The molecule has 0 atom stereocenters. The SMILES string of the molecule is C=C/C=C\C1=C(C)c2ccccc2Oc2ccc(N(c3ccc(-c4ccccc4)cc3)c3ccc4c(c3)C3(c5ccccc5-c5ccccc5-4)c4ccccc4-c4ccccc43)cc21. The molecule has 0 N–H and O–H groups in total. The normalized spacial score (nSPS) is 13.6. The molecule has 64 heavy (non-hydrogen) atoms. The first-order chi connectivity index (χ1) is 31.6. The summed E-state index contributed by atoms with van der Waals surface area (Å²) in [6, 6.07) is 77.8. The molecule has 0 amide bonds. The van der Waals surface area contributed by atoms with E-state index in [0.29, 0.717) is 0 Å². The van der Waals surface area contributed by atoms with Crippen LogP contribution in [0.5, 0.6) is 11.5 Å². The molecule has 0 bridgehead atoms. The topological polar surface area (TPSA) is 12.5 Å². The highest BCUT2D eigenvalue weighted by molar-refractivity contribution is 6.01. The Kier molecular flexibility index (Phi) is 8.81. The molecule has 0 aromatic heterocycles. The summed E-state index contributed by atoms with van der Waals surface area (Å²) in [5.41, 5.74) is 21.9. The van der Waals surface area contributed by atoms with Gasteiger partial charge < -0.3 is 9.64 Å². The smallest absolute Gasteiger partial charge is 0.135 e. The molecule has 0 unspecified atom stereocenters. The van der Waals surface area contributed by atoms with Crippen LogP contribution in [-0.4, -0.2) is 0 Å². The van der Waals surface area contributed by atoms with Gasteiger partial charge in [-0.15, -0.1) is 0 Å². The third-order valence-electron chi connectivity index (χ3n) is 13.5. The molecule has 2 heteroatoms. The van der Waals surface area contributed by atoms with E-state index < -0.39 is 5.41 Å². The number of ether oxygens (including phenoxy) is 1. The van der Waals surface area contributed by atoms with E-state index in [-0.39, 0.29) is 0 Å². The molecule has 1 spiro atoms. The van der Waals surface area contributed by atoms with Gasteiger partial charge in [0.15, 0.2) is 0 Å². The number of benzene rings is 9. The largest absolute Gasteiger partial charge is 0.456 e. The first-order valence-corrected chi connectivity index (χ1v) is 22.0. The molecule has 2 aliphatic carbocycles. The van der Waals surface area contributed by atoms with Gasteiger partial charge in [-0.3, -0.25) is 0 Å². The second-order valence-electron chi connectivity index (χ2n) is 16.8. The predicted molar refractivity (Wildman–Crippen MR) is 267 cm³/mol. The van der Waals surface area contributed by atoms with Crippen molar-refractivity contribution in [2.75, 3.05) is 4.90 Å². The van der Waals surface area contributed by atoms with E-state index in [4.69, 9.17) is 4.74 Å². The van der Waals surface area contributed by atoms with Crippen LogP contribution in [0.1, 0.15) is 40.3 Å². The zero-order valence-electron chi connectivity index (χ0n) is 35.5. The molecule has 302 valence electrons. The van der Waals surface area contributed by atoms with Crippen molar-refractivity contribution >= 4 is 28.2 Å². The summed E-state index contributed by atoms with van der Waals surface area (Å²) in [7, 11) is 0. The number of anilines is 3. The Balaban J connectivity index is 1.15. The van der Waals surface area contributed by atoms with E-state index in [9.17, 15) is 0 Å². The van der Waals surface area contributed by atoms with E-state index in [1.54, 1.807) is 0 Å². The van der Waals surface area contributed by atoms with Gasteiger partial charge in [-0.05, 0) is 133 Å². The van der Waals surface area contributed by atoms with E-state index in [1.165, 1.54) is 66.8 Å². The fraction of sp³-hybridized carbons (Fsp3) is 0.0323. The fourth-order valence-corrected chi connectivity index (χ4v) is 10.7. The third kappa shape index (κ3) is 5.66. The van der Waals surface area contributed by atoms with Gasteiger partial charge in [0.2, 0.25) is 0 Å². The number of fused-ring (bicyclic) bond motifs is 14. The monoisotopic (exact) mass is 817 g/mol. The highest BCUT2D eigenvalue weighted by Crippen LogP contribution is 2.62. The zero-order chi connectivity index (χ0) is 42.8. The lowest BCUT2D eigenvalue weighted by Crippen LogP contribution is -2.29. The lowest BCUT2D eigenvalue weighted by atomic mass is 9.66. The van der Waals surface area contributed by atoms with Crippen molar-refractivity contribution in [3.05, 3.63) is 271 Å². The highest BCUT2D eigenvalue weighted by Gasteiger charge is 2.49. The van der Waals surface area contributed by atoms with E-state index in [2.05, 4.69) is 231 Å². The van der Waals surface area contributed by atoms with Gasteiger partial charge in [0.1, 0.15) is 11.5 Å². The average Bonchev–Trinajstić information content (AvgIpc) is 3.53. The molecule has 9 aromatic rings. The Morgan fingerprint density at radius 3 is 1.52 bits per heavy atom. The molecule has 1 aliphatic heterocycles. The summed E-state index contributed by atoms with van der Waals surface area (Å²) in [4.78, 5) is 2.42. The molecule has 0 saturated carbocycles. The maximum atomic E-state index is 6.76. The quantitative estimate of drug-likeness (QED) is 0.155. The van der Waals surface area contributed by atoms with E-state index in [0.717, 1.165) is 50.8 Å². The van der Waals surface area contributed by atoms with E-state index >= 15 is 0 Å².